The molecule has 0 spiro atoms. The molecule has 0 radical (unpaired) electrons. The molecule has 0 amide bonds. The third-order valence-electron chi connectivity index (χ3n) is 3.90. The van der Waals surface area contributed by atoms with Crippen LogP contribution in [-0.4, -0.2) is 29.5 Å². The molecule has 1 aromatic rings. The maximum absolute atomic E-state index is 9.80. The predicted octanol–water partition coefficient (Wildman–Crippen LogP) is 2.14. The van der Waals surface area contributed by atoms with Crippen LogP contribution in [0.5, 0.6) is 0 Å². The standard InChI is InChI=1S/C16H22O3/c1-12-9-16(18)15(10-17)14(12)7-8-19-11-13-5-3-2-4-6-13/h2-6,14-18H,1,7-11H2/t14-,15-,16+/m1/s1. The lowest BCUT2D eigenvalue weighted by Gasteiger charge is -2.20. The largest absolute Gasteiger partial charge is 0.396 e. The summed E-state index contributed by atoms with van der Waals surface area (Å²) in [6.45, 7) is 5.24. The Bertz CT molecular complexity index is 402. The zero-order valence-electron chi connectivity index (χ0n) is 11.2. The van der Waals surface area contributed by atoms with E-state index in [4.69, 9.17) is 4.74 Å². The molecule has 0 bridgehead atoms. The van der Waals surface area contributed by atoms with Crippen LogP contribution in [0.4, 0.5) is 0 Å². The summed E-state index contributed by atoms with van der Waals surface area (Å²) >= 11 is 0. The van der Waals surface area contributed by atoms with Gasteiger partial charge in [0.1, 0.15) is 0 Å². The van der Waals surface area contributed by atoms with E-state index < -0.39 is 6.10 Å². The average molecular weight is 262 g/mol. The van der Waals surface area contributed by atoms with Gasteiger partial charge in [0, 0.05) is 19.1 Å². The number of aliphatic hydroxyl groups excluding tert-OH is 2. The fraction of sp³-hybridized carbons (Fsp3) is 0.500. The Morgan fingerprint density at radius 1 is 1.26 bits per heavy atom. The first-order chi connectivity index (χ1) is 9.22. The summed E-state index contributed by atoms with van der Waals surface area (Å²) in [5.41, 5.74) is 2.20. The van der Waals surface area contributed by atoms with Crippen LogP contribution < -0.4 is 0 Å². The molecule has 1 fully saturated rings. The Balaban J connectivity index is 1.75. The molecular weight excluding hydrogens is 240 g/mol. The van der Waals surface area contributed by atoms with E-state index in [9.17, 15) is 10.2 Å². The lowest BCUT2D eigenvalue weighted by molar-refractivity contribution is 0.0556. The van der Waals surface area contributed by atoms with Gasteiger partial charge in [-0.15, -0.1) is 0 Å². The Labute approximate surface area is 114 Å². The van der Waals surface area contributed by atoms with Gasteiger partial charge in [-0.2, -0.15) is 0 Å². The van der Waals surface area contributed by atoms with Crippen LogP contribution >= 0.6 is 0 Å². The van der Waals surface area contributed by atoms with Gasteiger partial charge < -0.3 is 14.9 Å². The maximum Gasteiger partial charge on any atom is 0.0716 e. The molecule has 0 saturated heterocycles. The van der Waals surface area contributed by atoms with Crippen molar-refractivity contribution in [1.82, 2.24) is 0 Å². The minimum atomic E-state index is -0.448. The molecule has 0 unspecified atom stereocenters. The van der Waals surface area contributed by atoms with Crippen molar-refractivity contribution in [2.75, 3.05) is 13.2 Å². The lowest BCUT2D eigenvalue weighted by atomic mass is 9.91. The van der Waals surface area contributed by atoms with Crippen LogP contribution in [0.3, 0.4) is 0 Å². The molecule has 1 aliphatic carbocycles. The van der Waals surface area contributed by atoms with Crippen LogP contribution in [0.1, 0.15) is 18.4 Å². The highest BCUT2D eigenvalue weighted by Crippen LogP contribution is 2.37. The van der Waals surface area contributed by atoms with E-state index in [0.29, 0.717) is 19.6 Å². The van der Waals surface area contributed by atoms with Crippen molar-refractivity contribution < 1.29 is 14.9 Å². The third kappa shape index (κ3) is 3.66. The van der Waals surface area contributed by atoms with E-state index in [2.05, 4.69) is 6.58 Å². The van der Waals surface area contributed by atoms with Crippen LogP contribution in [0, 0.1) is 11.8 Å². The molecular formula is C16H22O3. The summed E-state index contributed by atoms with van der Waals surface area (Å²) < 4.78 is 5.65. The van der Waals surface area contributed by atoms with Gasteiger partial charge in [0.25, 0.3) is 0 Å². The molecule has 0 aromatic heterocycles. The lowest BCUT2D eigenvalue weighted by Crippen LogP contribution is -2.23. The molecule has 2 rings (SSSR count). The van der Waals surface area contributed by atoms with Crippen LogP contribution in [0.25, 0.3) is 0 Å². The molecule has 3 nitrogen and oxygen atoms in total. The highest BCUT2D eigenvalue weighted by Gasteiger charge is 2.36. The van der Waals surface area contributed by atoms with Gasteiger partial charge in [0.15, 0.2) is 0 Å². The smallest absolute Gasteiger partial charge is 0.0716 e. The minimum absolute atomic E-state index is 0.0174. The number of hydrogen-bond donors (Lipinski definition) is 2. The Hall–Kier alpha value is -1.16. The van der Waals surface area contributed by atoms with E-state index in [1.165, 1.54) is 0 Å². The van der Waals surface area contributed by atoms with Crippen molar-refractivity contribution in [3.8, 4) is 0 Å². The van der Waals surface area contributed by atoms with Gasteiger partial charge in [-0.1, -0.05) is 42.5 Å². The minimum Gasteiger partial charge on any atom is -0.396 e. The van der Waals surface area contributed by atoms with Gasteiger partial charge in [-0.3, -0.25) is 0 Å². The van der Waals surface area contributed by atoms with Crippen molar-refractivity contribution in [1.29, 1.82) is 0 Å². The van der Waals surface area contributed by atoms with E-state index in [-0.39, 0.29) is 18.4 Å². The zero-order chi connectivity index (χ0) is 13.7. The predicted molar refractivity (Wildman–Crippen MR) is 74.5 cm³/mol. The molecule has 19 heavy (non-hydrogen) atoms. The fourth-order valence-electron chi connectivity index (χ4n) is 2.78. The number of ether oxygens (including phenoxy) is 1. The average Bonchev–Trinajstić information content (AvgIpc) is 2.70. The van der Waals surface area contributed by atoms with E-state index in [1.807, 2.05) is 30.3 Å². The number of rotatable bonds is 6. The summed E-state index contributed by atoms with van der Waals surface area (Å²) in [6.07, 6.45) is 0.972. The second-order valence-corrected chi connectivity index (χ2v) is 5.21. The number of benzene rings is 1. The molecule has 3 atom stereocenters. The summed E-state index contributed by atoms with van der Waals surface area (Å²) in [7, 11) is 0. The van der Waals surface area contributed by atoms with Crippen molar-refractivity contribution in [3.63, 3.8) is 0 Å². The highest BCUT2D eigenvalue weighted by molar-refractivity contribution is 5.14. The first kappa shape index (κ1) is 14.3. The molecule has 1 aliphatic rings. The van der Waals surface area contributed by atoms with Gasteiger partial charge in [0.2, 0.25) is 0 Å². The molecule has 3 heteroatoms. The first-order valence-electron chi connectivity index (χ1n) is 6.80. The summed E-state index contributed by atoms with van der Waals surface area (Å²) in [5, 5.41) is 19.1. The number of hydrogen-bond acceptors (Lipinski definition) is 3. The molecule has 104 valence electrons. The molecule has 1 aromatic carbocycles. The van der Waals surface area contributed by atoms with Crippen LogP contribution in [0.15, 0.2) is 42.5 Å². The SMILES string of the molecule is C=C1C[C@H](O)[C@H](CO)[C@@H]1CCOCc1ccccc1. The van der Waals surface area contributed by atoms with E-state index in [0.717, 1.165) is 17.6 Å². The Kier molecular flexibility index (Phi) is 5.14. The molecule has 0 heterocycles. The second kappa shape index (κ2) is 6.85. The Morgan fingerprint density at radius 2 is 2.00 bits per heavy atom. The molecule has 1 saturated carbocycles. The molecule has 2 N–H and O–H groups in total. The normalized spacial score (nSPS) is 26.8. The highest BCUT2D eigenvalue weighted by atomic mass is 16.5. The van der Waals surface area contributed by atoms with Crippen molar-refractivity contribution in [2.24, 2.45) is 11.8 Å². The fourth-order valence-corrected chi connectivity index (χ4v) is 2.78. The summed E-state index contributed by atoms with van der Waals surface area (Å²) in [4.78, 5) is 0. The quantitative estimate of drug-likeness (QED) is 0.610. The van der Waals surface area contributed by atoms with Crippen molar-refractivity contribution >= 4 is 0 Å². The summed E-state index contributed by atoms with van der Waals surface area (Å²) in [6, 6.07) is 10.0. The monoisotopic (exact) mass is 262 g/mol. The Morgan fingerprint density at radius 3 is 2.68 bits per heavy atom. The van der Waals surface area contributed by atoms with Gasteiger partial charge >= 0.3 is 0 Å². The zero-order valence-corrected chi connectivity index (χ0v) is 11.2. The van der Waals surface area contributed by atoms with Crippen molar-refractivity contribution in [3.05, 3.63) is 48.0 Å². The summed E-state index contributed by atoms with van der Waals surface area (Å²) in [5.74, 6) is 0.101. The molecule has 0 aliphatic heterocycles. The van der Waals surface area contributed by atoms with Crippen molar-refractivity contribution in [2.45, 2.75) is 25.6 Å². The van der Waals surface area contributed by atoms with Gasteiger partial charge in [0.05, 0.1) is 12.7 Å². The topological polar surface area (TPSA) is 49.7 Å². The van der Waals surface area contributed by atoms with E-state index in [1.54, 1.807) is 0 Å². The number of aliphatic hydroxyl groups is 2. The second-order valence-electron chi connectivity index (χ2n) is 5.21. The van der Waals surface area contributed by atoms with Gasteiger partial charge in [-0.25, -0.2) is 0 Å². The van der Waals surface area contributed by atoms with Crippen LogP contribution in [-0.2, 0) is 11.3 Å². The first-order valence-corrected chi connectivity index (χ1v) is 6.80. The van der Waals surface area contributed by atoms with Gasteiger partial charge in [-0.05, 0) is 24.3 Å². The van der Waals surface area contributed by atoms with Crippen LogP contribution in [0.2, 0.25) is 0 Å². The third-order valence-corrected chi connectivity index (χ3v) is 3.90. The maximum atomic E-state index is 9.80. The van der Waals surface area contributed by atoms with E-state index >= 15 is 0 Å².